The van der Waals surface area contributed by atoms with E-state index in [1.807, 2.05) is 11.0 Å². The monoisotopic (exact) mass is 277 g/mol. The molecule has 110 valence electrons. The molecule has 5 nitrogen and oxygen atoms in total. The molecule has 0 aromatic carbocycles. The Balaban J connectivity index is 1.87. The molecule has 0 saturated carbocycles. The van der Waals surface area contributed by atoms with Crippen LogP contribution in [0.2, 0.25) is 0 Å². The highest BCUT2D eigenvalue weighted by Gasteiger charge is 2.30. The predicted molar refractivity (Wildman–Crippen MR) is 74.5 cm³/mol. The number of nitrogens with zero attached hydrogens (tertiary/aromatic N) is 3. The molecule has 0 aromatic heterocycles. The van der Waals surface area contributed by atoms with E-state index < -0.39 is 5.92 Å². The molecule has 0 aromatic rings. The van der Waals surface area contributed by atoms with Crippen LogP contribution in [-0.2, 0) is 9.59 Å². The largest absolute Gasteiger partial charge is 0.343 e. The second kappa shape index (κ2) is 6.74. The molecule has 2 saturated heterocycles. The van der Waals surface area contributed by atoms with E-state index in [1.165, 1.54) is 0 Å². The first-order valence-corrected chi connectivity index (χ1v) is 7.58. The van der Waals surface area contributed by atoms with E-state index in [0.29, 0.717) is 5.92 Å². The number of hydrogen-bond donors (Lipinski definition) is 0. The van der Waals surface area contributed by atoms with Crippen LogP contribution in [0.15, 0.2) is 0 Å². The summed E-state index contributed by atoms with van der Waals surface area (Å²) in [4.78, 5) is 27.9. The molecule has 2 aliphatic rings. The summed E-state index contributed by atoms with van der Waals surface area (Å²) >= 11 is 0. The Bertz CT molecular complexity index is 402. The van der Waals surface area contributed by atoms with E-state index in [4.69, 9.17) is 0 Å². The summed E-state index contributed by atoms with van der Waals surface area (Å²) in [6.07, 6.45) is 4.08. The van der Waals surface area contributed by atoms with Gasteiger partial charge in [0.25, 0.3) is 0 Å². The van der Waals surface area contributed by atoms with Crippen LogP contribution in [-0.4, -0.2) is 47.8 Å². The Labute approximate surface area is 120 Å². The molecule has 0 aliphatic carbocycles. The molecule has 2 amide bonds. The standard InChI is InChI=1S/C15H23N3O2/c1-12-4-8-17(9-5-12)14(19)10-13(11-16)15(20)18-6-2-3-7-18/h12-13H,2-10H2,1H3. The van der Waals surface area contributed by atoms with E-state index >= 15 is 0 Å². The molecule has 5 heteroatoms. The van der Waals surface area contributed by atoms with Gasteiger partial charge >= 0.3 is 0 Å². The minimum absolute atomic E-state index is 0.0419. The molecule has 2 fully saturated rings. The fourth-order valence-corrected chi connectivity index (χ4v) is 2.91. The summed E-state index contributed by atoms with van der Waals surface area (Å²) in [5, 5.41) is 9.18. The zero-order valence-corrected chi connectivity index (χ0v) is 12.2. The Morgan fingerprint density at radius 1 is 1.15 bits per heavy atom. The summed E-state index contributed by atoms with van der Waals surface area (Å²) in [7, 11) is 0. The van der Waals surface area contributed by atoms with Gasteiger partial charge in [0.05, 0.1) is 12.5 Å². The van der Waals surface area contributed by atoms with Gasteiger partial charge in [-0.1, -0.05) is 6.92 Å². The van der Waals surface area contributed by atoms with Crippen molar-refractivity contribution >= 4 is 11.8 Å². The molecule has 0 bridgehead atoms. The van der Waals surface area contributed by atoms with Crippen molar-refractivity contribution in [2.75, 3.05) is 26.2 Å². The summed E-state index contributed by atoms with van der Waals surface area (Å²) < 4.78 is 0. The van der Waals surface area contributed by atoms with Gasteiger partial charge in [-0.05, 0) is 31.6 Å². The lowest BCUT2D eigenvalue weighted by atomic mass is 9.98. The third-order valence-electron chi connectivity index (χ3n) is 4.39. The predicted octanol–water partition coefficient (Wildman–Crippen LogP) is 1.40. The van der Waals surface area contributed by atoms with Crippen LogP contribution in [0.5, 0.6) is 0 Å². The highest BCUT2D eigenvalue weighted by atomic mass is 16.2. The van der Waals surface area contributed by atoms with Crippen molar-refractivity contribution in [3.63, 3.8) is 0 Å². The SMILES string of the molecule is CC1CCN(C(=O)CC(C#N)C(=O)N2CCCC2)CC1. The average molecular weight is 277 g/mol. The molecule has 0 radical (unpaired) electrons. The normalized spacial score (nSPS) is 21.6. The van der Waals surface area contributed by atoms with Gasteiger partial charge in [-0.25, -0.2) is 0 Å². The Morgan fingerprint density at radius 3 is 2.30 bits per heavy atom. The van der Waals surface area contributed by atoms with E-state index in [1.54, 1.807) is 4.90 Å². The fourth-order valence-electron chi connectivity index (χ4n) is 2.91. The maximum absolute atomic E-state index is 12.2. The summed E-state index contributed by atoms with van der Waals surface area (Å²) in [5.74, 6) is -0.350. The number of amides is 2. The smallest absolute Gasteiger partial charge is 0.240 e. The minimum atomic E-state index is -0.806. The van der Waals surface area contributed by atoms with E-state index in [9.17, 15) is 14.9 Å². The third kappa shape index (κ3) is 3.50. The third-order valence-corrected chi connectivity index (χ3v) is 4.39. The van der Waals surface area contributed by atoms with Crippen LogP contribution < -0.4 is 0 Å². The van der Waals surface area contributed by atoms with Gasteiger partial charge in [0.15, 0.2) is 0 Å². The lowest BCUT2D eigenvalue weighted by Gasteiger charge is -2.31. The van der Waals surface area contributed by atoms with Crippen LogP contribution in [0.1, 0.15) is 39.0 Å². The number of piperidine rings is 1. The summed E-state index contributed by atoms with van der Waals surface area (Å²) in [5.41, 5.74) is 0. The minimum Gasteiger partial charge on any atom is -0.343 e. The van der Waals surface area contributed by atoms with Crippen LogP contribution in [0, 0.1) is 23.2 Å². The number of carbonyl (C=O) groups excluding carboxylic acids is 2. The molecule has 2 heterocycles. The second-order valence-electron chi connectivity index (χ2n) is 5.98. The number of nitriles is 1. The van der Waals surface area contributed by atoms with Crippen molar-refractivity contribution < 1.29 is 9.59 Å². The Morgan fingerprint density at radius 2 is 1.75 bits per heavy atom. The van der Waals surface area contributed by atoms with Crippen molar-refractivity contribution in [2.45, 2.75) is 39.0 Å². The van der Waals surface area contributed by atoms with Crippen LogP contribution in [0.3, 0.4) is 0 Å². The first kappa shape index (κ1) is 14.8. The Hall–Kier alpha value is -1.57. The van der Waals surface area contributed by atoms with Gasteiger partial charge in [-0.3, -0.25) is 9.59 Å². The number of carbonyl (C=O) groups is 2. The van der Waals surface area contributed by atoms with E-state index in [2.05, 4.69) is 6.92 Å². The van der Waals surface area contributed by atoms with Crippen LogP contribution in [0.4, 0.5) is 0 Å². The topological polar surface area (TPSA) is 64.4 Å². The second-order valence-corrected chi connectivity index (χ2v) is 5.98. The maximum Gasteiger partial charge on any atom is 0.240 e. The first-order chi connectivity index (χ1) is 9.61. The zero-order chi connectivity index (χ0) is 14.5. The van der Waals surface area contributed by atoms with Crippen LogP contribution in [0.25, 0.3) is 0 Å². The fraction of sp³-hybridized carbons (Fsp3) is 0.800. The van der Waals surface area contributed by atoms with Gasteiger partial charge in [0.1, 0.15) is 5.92 Å². The van der Waals surface area contributed by atoms with E-state index in [0.717, 1.165) is 51.9 Å². The van der Waals surface area contributed by atoms with Crippen molar-refractivity contribution in [1.29, 1.82) is 5.26 Å². The average Bonchev–Trinajstić information content (AvgIpc) is 2.98. The molecule has 0 spiro atoms. The van der Waals surface area contributed by atoms with Gasteiger partial charge in [0.2, 0.25) is 11.8 Å². The number of hydrogen-bond acceptors (Lipinski definition) is 3. The highest BCUT2D eigenvalue weighted by Crippen LogP contribution is 2.19. The Kier molecular flexibility index (Phi) is 4.99. The number of likely N-dealkylation sites (tertiary alicyclic amines) is 2. The lowest BCUT2D eigenvalue weighted by Crippen LogP contribution is -2.41. The van der Waals surface area contributed by atoms with Crippen molar-refractivity contribution in [3.8, 4) is 6.07 Å². The maximum atomic E-state index is 12.2. The van der Waals surface area contributed by atoms with Crippen molar-refractivity contribution in [2.24, 2.45) is 11.8 Å². The van der Waals surface area contributed by atoms with Gasteiger partial charge in [-0.15, -0.1) is 0 Å². The molecule has 1 atom stereocenters. The van der Waals surface area contributed by atoms with Crippen molar-refractivity contribution in [3.05, 3.63) is 0 Å². The van der Waals surface area contributed by atoms with Crippen LogP contribution >= 0.6 is 0 Å². The molecule has 0 N–H and O–H groups in total. The molecular formula is C15H23N3O2. The first-order valence-electron chi connectivity index (χ1n) is 7.58. The summed E-state index contributed by atoms with van der Waals surface area (Å²) in [6, 6.07) is 2.02. The quantitative estimate of drug-likeness (QED) is 0.783. The van der Waals surface area contributed by atoms with Gasteiger partial charge in [0, 0.05) is 26.2 Å². The highest BCUT2D eigenvalue weighted by molar-refractivity contribution is 5.87. The molecule has 2 aliphatic heterocycles. The molecule has 2 rings (SSSR count). The number of rotatable bonds is 3. The molecular weight excluding hydrogens is 254 g/mol. The molecule has 20 heavy (non-hydrogen) atoms. The summed E-state index contributed by atoms with van der Waals surface area (Å²) in [6.45, 7) is 5.17. The van der Waals surface area contributed by atoms with Gasteiger partial charge in [-0.2, -0.15) is 5.26 Å². The molecule has 1 unspecified atom stereocenters. The lowest BCUT2D eigenvalue weighted by molar-refractivity contribution is -0.139. The van der Waals surface area contributed by atoms with E-state index in [-0.39, 0.29) is 18.2 Å². The van der Waals surface area contributed by atoms with Crippen molar-refractivity contribution in [1.82, 2.24) is 9.80 Å². The van der Waals surface area contributed by atoms with Gasteiger partial charge < -0.3 is 9.80 Å². The zero-order valence-electron chi connectivity index (χ0n) is 12.2.